The summed E-state index contributed by atoms with van der Waals surface area (Å²) in [7, 11) is 2.78. The minimum absolute atomic E-state index is 0.102. The van der Waals surface area contributed by atoms with E-state index >= 15 is 0 Å². The SMILES string of the molecule is COc1cc([N+](=O)[O-])ccc1NC(=O)[C@@H](C)OC(=O)COc1ccccc1OC. The molecule has 1 atom stereocenters. The van der Waals surface area contributed by atoms with Crippen LogP contribution < -0.4 is 19.5 Å². The molecule has 0 aliphatic heterocycles. The van der Waals surface area contributed by atoms with Crippen LogP contribution in [0, 0.1) is 10.1 Å². The Hall–Kier alpha value is -3.82. The molecule has 1 amide bonds. The largest absolute Gasteiger partial charge is 0.494 e. The number of carbonyl (C=O) groups excluding carboxylic acids is 2. The molecule has 0 saturated carbocycles. The first-order valence-corrected chi connectivity index (χ1v) is 8.44. The van der Waals surface area contributed by atoms with Crippen molar-refractivity contribution in [2.45, 2.75) is 13.0 Å². The van der Waals surface area contributed by atoms with E-state index in [1.54, 1.807) is 24.3 Å². The van der Waals surface area contributed by atoms with Gasteiger partial charge in [0.05, 0.1) is 30.9 Å². The zero-order valence-electron chi connectivity index (χ0n) is 16.0. The van der Waals surface area contributed by atoms with Gasteiger partial charge in [0, 0.05) is 6.07 Å². The van der Waals surface area contributed by atoms with Crippen LogP contribution in [0.25, 0.3) is 0 Å². The van der Waals surface area contributed by atoms with Crippen molar-refractivity contribution < 1.29 is 33.5 Å². The summed E-state index contributed by atoms with van der Waals surface area (Å²) in [6.07, 6.45) is -1.14. The summed E-state index contributed by atoms with van der Waals surface area (Å²) < 4.78 is 20.6. The minimum atomic E-state index is -1.14. The van der Waals surface area contributed by atoms with Crippen molar-refractivity contribution in [2.75, 3.05) is 26.1 Å². The molecule has 2 rings (SSSR count). The molecule has 0 spiro atoms. The second kappa shape index (κ2) is 9.93. The normalized spacial score (nSPS) is 11.1. The fourth-order valence-corrected chi connectivity index (χ4v) is 2.29. The molecule has 0 heterocycles. The number of benzene rings is 2. The molecular formula is C19H20N2O8. The molecule has 10 nitrogen and oxygen atoms in total. The Morgan fingerprint density at radius 2 is 1.72 bits per heavy atom. The predicted octanol–water partition coefficient (Wildman–Crippen LogP) is 2.56. The van der Waals surface area contributed by atoms with Crippen LogP contribution in [0.15, 0.2) is 42.5 Å². The number of ether oxygens (including phenoxy) is 4. The summed E-state index contributed by atoms with van der Waals surface area (Å²) in [4.78, 5) is 34.5. The number of para-hydroxylation sites is 2. The van der Waals surface area contributed by atoms with Gasteiger partial charge in [0.1, 0.15) is 5.75 Å². The van der Waals surface area contributed by atoms with Crippen molar-refractivity contribution in [2.24, 2.45) is 0 Å². The van der Waals surface area contributed by atoms with Gasteiger partial charge in [-0.1, -0.05) is 12.1 Å². The number of hydrogen-bond donors (Lipinski definition) is 1. The number of amides is 1. The number of non-ortho nitro benzene ring substituents is 1. The smallest absolute Gasteiger partial charge is 0.344 e. The monoisotopic (exact) mass is 404 g/mol. The van der Waals surface area contributed by atoms with Crippen molar-refractivity contribution in [3.05, 3.63) is 52.6 Å². The van der Waals surface area contributed by atoms with E-state index in [9.17, 15) is 19.7 Å². The Balaban J connectivity index is 1.93. The van der Waals surface area contributed by atoms with Crippen LogP contribution in [0.4, 0.5) is 11.4 Å². The fraction of sp³-hybridized carbons (Fsp3) is 0.263. The number of anilines is 1. The Morgan fingerprint density at radius 3 is 2.34 bits per heavy atom. The summed E-state index contributed by atoms with van der Waals surface area (Å²) in [5, 5.41) is 13.3. The van der Waals surface area contributed by atoms with E-state index in [0.29, 0.717) is 11.5 Å². The van der Waals surface area contributed by atoms with Crippen molar-refractivity contribution >= 4 is 23.3 Å². The molecule has 0 radical (unpaired) electrons. The van der Waals surface area contributed by atoms with E-state index in [0.717, 1.165) is 0 Å². The topological polar surface area (TPSA) is 126 Å². The number of nitro groups is 1. The summed E-state index contributed by atoms with van der Waals surface area (Å²) >= 11 is 0. The first-order valence-electron chi connectivity index (χ1n) is 8.44. The van der Waals surface area contributed by atoms with E-state index in [1.165, 1.54) is 39.3 Å². The standard InChI is InChI=1S/C19H20N2O8/c1-12(29-18(22)11-28-16-7-5-4-6-15(16)26-2)19(23)20-14-9-8-13(21(24)25)10-17(14)27-3/h4-10,12H,11H2,1-3H3,(H,20,23)/t12-/m1/s1. The number of esters is 1. The Kier molecular flexibility index (Phi) is 7.35. The van der Waals surface area contributed by atoms with Crippen LogP contribution in [0.3, 0.4) is 0 Å². The molecular weight excluding hydrogens is 384 g/mol. The highest BCUT2D eigenvalue weighted by molar-refractivity contribution is 5.96. The average Bonchev–Trinajstić information content (AvgIpc) is 2.72. The van der Waals surface area contributed by atoms with Gasteiger partial charge in [-0.25, -0.2) is 4.79 Å². The van der Waals surface area contributed by atoms with E-state index in [2.05, 4.69) is 5.32 Å². The van der Waals surface area contributed by atoms with Crippen LogP contribution >= 0.6 is 0 Å². The lowest BCUT2D eigenvalue weighted by molar-refractivity contribution is -0.384. The highest BCUT2D eigenvalue weighted by atomic mass is 16.6. The molecule has 1 N–H and O–H groups in total. The lowest BCUT2D eigenvalue weighted by Crippen LogP contribution is -2.31. The van der Waals surface area contributed by atoms with Gasteiger partial charge in [-0.2, -0.15) is 0 Å². The maximum absolute atomic E-state index is 12.3. The highest BCUT2D eigenvalue weighted by Crippen LogP contribution is 2.29. The molecule has 154 valence electrons. The van der Waals surface area contributed by atoms with E-state index < -0.39 is 29.5 Å². The molecule has 29 heavy (non-hydrogen) atoms. The average molecular weight is 404 g/mol. The zero-order chi connectivity index (χ0) is 21.4. The van der Waals surface area contributed by atoms with Crippen LogP contribution in [-0.2, 0) is 14.3 Å². The van der Waals surface area contributed by atoms with Crippen LogP contribution in [-0.4, -0.2) is 43.7 Å². The zero-order valence-corrected chi connectivity index (χ0v) is 16.0. The van der Waals surface area contributed by atoms with Gasteiger partial charge in [0.2, 0.25) is 0 Å². The third kappa shape index (κ3) is 5.83. The first kappa shape index (κ1) is 21.5. The van der Waals surface area contributed by atoms with Crippen molar-refractivity contribution in [3.63, 3.8) is 0 Å². The summed E-state index contributed by atoms with van der Waals surface area (Å²) in [5.74, 6) is -0.473. The maximum atomic E-state index is 12.3. The summed E-state index contributed by atoms with van der Waals surface area (Å²) in [6, 6.07) is 10.5. The lowest BCUT2D eigenvalue weighted by atomic mass is 10.2. The minimum Gasteiger partial charge on any atom is -0.494 e. The number of nitro benzene ring substituents is 1. The number of methoxy groups -OCH3 is 2. The fourth-order valence-electron chi connectivity index (χ4n) is 2.29. The van der Waals surface area contributed by atoms with Crippen LogP contribution in [0.2, 0.25) is 0 Å². The Labute approximate surface area is 166 Å². The number of nitrogens with one attached hydrogen (secondary N) is 1. The molecule has 0 bridgehead atoms. The summed E-state index contributed by atoms with van der Waals surface area (Å²) in [5.41, 5.74) is 0.0177. The molecule has 2 aromatic rings. The van der Waals surface area contributed by atoms with E-state index in [1.807, 2.05) is 0 Å². The van der Waals surface area contributed by atoms with Crippen molar-refractivity contribution in [1.29, 1.82) is 0 Å². The van der Waals surface area contributed by atoms with E-state index in [4.69, 9.17) is 18.9 Å². The van der Waals surface area contributed by atoms with Gasteiger partial charge in [0.15, 0.2) is 24.2 Å². The summed E-state index contributed by atoms with van der Waals surface area (Å²) in [6.45, 7) is 0.965. The molecule has 0 saturated heterocycles. The van der Waals surface area contributed by atoms with Gasteiger partial charge in [-0.05, 0) is 25.1 Å². The van der Waals surface area contributed by atoms with Gasteiger partial charge >= 0.3 is 5.97 Å². The molecule has 0 aliphatic rings. The number of carbonyl (C=O) groups is 2. The van der Waals surface area contributed by atoms with E-state index in [-0.39, 0.29) is 17.1 Å². The van der Waals surface area contributed by atoms with Gasteiger partial charge in [-0.15, -0.1) is 0 Å². The first-order chi connectivity index (χ1) is 13.8. The number of rotatable bonds is 9. The van der Waals surface area contributed by atoms with Crippen LogP contribution in [0.1, 0.15) is 6.92 Å². The van der Waals surface area contributed by atoms with Gasteiger partial charge in [0.25, 0.3) is 11.6 Å². The van der Waals surface area contributed by atoms with Gasteiger partial charge < -0.3 is 24.3 Å². The molecule has 0 aliphatic carbocycles. The van der Waals surface area contributed by atoms with Crippen LogP contribution in [0.5, 0.6) is 17.2 Å². The molecule has 0 unspecified atom stereocenters. The Bertz CT molecular complexity index is 900. The molecule has 2 aromatic carbocycles. The molecule has 0 aromatic heterocycles. The lowest BCUT2D eigenvalue weighted by Gasteiger charge is -2.15. The second-order valence-electron chi connectivity index (χ2n) is 5.70. The number of hydrogen-bond acceptors (Lipinski definition) is 8. The number of nitrogens with zero attached hydrogens (tertiary/aromatic N) is 1. The maximum Gasteiger partial charge on any atom is 0.344 e. The molecule has 10 heteroatoms. The third-order valence-corrected chi connectivity index (χ3v) is 3.75. The predicted molar refractivity (Wildman–Crippen MR) is 102 cm³/mol. The second-order valence-corrected chi connectivity index (χ2v) is 5.70. The Morgan fingerprint density at radius 1 is 1.07 bits per heavy atom. The molecule has 0 fully saturated rings. The highest BCUT2D eigenvalue weighted by Gasteiger charge is 2.21. The third-order valence-electron chi connectivity index (χ3n) is 3.75. The van der Waals surface area contributed by atoms with Crippen molar-refractivity contribution in [1.82, 2.24) is 0 Å². The quantitative estimate of drug-likeness (QED) is 0.384. The van der Waals surface area contributed by atoms with Crippen molar-refractivity contribution in [3.8, 4) is 17.2 Å². The van der Waals surface area contributed by atoms with Gasteiger partial charge in [-0.3, -0.25) is 14.9 Å².